The summed E-state index contributed by atoms with van der Waals surface area (Å²) in [6, 6.07) is 2.54. The molecule has 0 aliphatic heterocycles. The lowest BCUT2D eigenvalue weighted by atomic mass is 9.82. The standard InChI is InChI=1S/C18H42O2Si2/c1-13(2)17(9,14(3)4)19-21-11-12-22-20-18(10,15(5)6)16(7)8/h13-16H,11-12,21-22H2,1-10H3. The molecule has 0 N–H and O–H groups in total. The molecule has 0 saturated heterocycles. The van der Waals surface area contributed by atoms with Crippen LogP contribution in [-0.4, -0.2) is 30.7 Å². The van der Waals surface area contributed by atoms with E-state index in [2.05, 4.69) is 69.2 Å². The van der Waals surface area contributed by atoms with Gasteiger partial charge in [-0.1, -0.05) is 55.4 Å². The quantitative estimate of drug-likeness (QED) is 0.413. The van der Waals surface area contributed by atoms with Crippen LogP contribution in [0.2, 0.25) is 12.1 Å². The summed E-state index contributed by atoms with van der Waals surface area (Å²) in [5, 5.41) is 0. The summed E-state index contributed by atoms with van der Waals surface area (Å²) >= 11 is 0. The molecule has 0 amide bonds. The summed E-state index contributed by atoms with van der Waals surface area (Å²) < 4.78 is 12.8. The van der Waals surface area contributed by atoms with Gasteiger partial charge in [0.05, 0.1) is 11.2 Å². The zero-order valence-corrected chi connectivity index (χ0v) is 19.8. The number of hydrogen-bond acceptors (Lipinski definition) is 2. The Morgan fingerprint density at radius 2 is 0.818 bits per heavy atom. The maximum atomic E-state index is 6.39. The average molecular weight is 347 g/mol. The Bertz CT molecular complexity index is 255. The van der Waals surface area contributed by atoms with Crippen LogP contribution in [0.15, 0.2) is 0 Å². The van der Waals surface area contributed by atoms with Gasteiger partial charge in [0.15, 0.2) is 19.5 Å². The molecule has 0 heterocycles. The third-order valence-corrected chi connectivity index (χ3v) is 10.2. The van der Waals surface area contributed by atoms with Gasteiger partial charge in [0.2, 0.25) is 0 Å². The molecule has 0 atom stereocenters. The van der Waals surface area contributed by atoms with Gasteiger partial charge in [-0.15, -0.1) is 0 Å². The Morgan fingerprint density at radius 1 is 0.591 bits per heavy atom. The largest absolute Gasteiger partial charge is 0.418 e. The van der Waals surface area contributed by atoms with Crippen LogP contribution in [0.1, 0.15) is 69.2 Å². The highest BCUT2D eigenvalue weighted by Gasteiger charge is 2.33. The predicted molar refractivity (Wildman–Crippen MR) is 105 cm³/mol. The van der Waals surface area contributed by atoms with Gasteiger partial charge in [0.1, 0.15) is 0 Å². The summed E-state index contributed by atoms with van der Waals surface area (Å²) in [6.45, 7) is 22.8. The van der Waals surface area contributed by atoms with Crippen molar-refractivity contribution < 1.29 is 8.85 Å². The van der Waals surface area contributed by atoms with Crippen LogP contribution >= 0.6 is 0 Å². The molecule has 2 nitrogen and oxygen atoms in total. The highest BCUT2D eigenvalue weighted by atomic mass is 28.2. The number of rotatable bonds is 11. The van der Waals surface area contributed by atoms with Crippen molar-refractivity contribution in [2.45, 2.75) is 92.5 Å². The zero-order chi connectivity index (χ0) is 17.6. The van der Waals surface area contributed by atoms with E-state index in [9.17, 15) is 0 Å². The Balaban J connectivity index is 4.14. The molecule has 134 valence electrons. The summed E-state index contributed by atoms with van der Waals surface area (Å²) in [4.78, 5) is 0. The Morgan fingerprint density at radius 3 is 1.00 bits per heavy atom. The second-order valence-electron chi connectivity index (χ2n) is 8.39. The van der Waals surface area contributed by atoms with Crippen LogP contribution in [-0.2, 0) is 8.85 Å². The third-order valence-electron chi connectivity index (χ3n) is 5.95. The fourth-order valence-corrected chi connectivity index (χ4v) is 6.92. The summed E-state index contributed by atoms with van der Waals surface area (Å²) in [7, 11) is -0.853. The van der Waals surface area contributed by atoms with Gasteiger partial charge in [0, 0.05) is 0 Å². The second kappa shape index (κ2) is 9.60. The highest BCUT2D eigenvalue weighted by Crippen LogP contribution is 2.31. The smallest absolute Gasteiger partial charge is 0.162 e. The van der Waals surface area contributed by atoms with Gasteiger partial charge >= 0.3 is 0 Å². The van der Waals surface area contributed by atoms with Crippen LogP contribution in [0.4, 0.5) is 0 Å². The zero-order valence-electron chi connectivity index (χ0n) is 17.0. The van der Waals surface area contributed by atoms with Gasteiger partial charge in [0.25, 0.3) is 0 Å². The fraction of sp³-hybridized carbons (Fsp3) is 1.00. The SMILES string of the molecule is CC(C)C(C)(O[SiH2]CC[SiH2]OC(C)(C(C)C)C(C)C)C(C)C. The van der Waals surface area contributed by atoms with E-state index in [1.165, 1.54) is 12.1 Å². The van der Waals surface area contributed by atoms with Crippen molar-refractivity contribution in [3.05, 3.63) is 0 Å². The third kappa shape index (κ3) is 6.10. The van der Waals surface area contributed by atoms with Crippen molar-refractivity contribution in [1.29, 1.82) is 0 Å². The molecular formula is C18H42O2Si2. The maximum absolute atomic E-state index is 6.39. The summed E-state index contributed by atoms with van der Waals surface area (Å²) in [5.74, 6) is 2.33. The molecule has 4 heteroatoms. The van der Waals surface area contributed by atoms with E-state index in [1.807, 2.05) is 0 Å². The molecule has 0 aromatic heterocycles. The first-order valence-corrected chi connectivity index (χ1v) is 12.4. The molecule has 0 rings (SSSR count). The molecule has 0 aromatic rings. The van der Waals surface area contributed by atoms with Crippen molar-refractivity contribution in [2.24, 2.45) is 23.7 Å². The van der Waals surface area contributed by atoms with E-state index in [-0.39, 0.29) is 11.2 Å². The first-order valence-electron chi connectivity index (χ1n) is 9.26. The lowest BCUT2D eigenvalue weighted by molar-refractivity contribution is -0.00309. The molecule has 0 aromatic carbocycles. The second-order valence-corrected chi connectivity index (χ2v) is 11.2. The molecule has 0 aliphatic carbocycles. The van der Waals surface area contributed by atoms with Crippen LogP contribution < -0.4 is 0 Å². The van der Waals surface area contributed by atoms with Crippen LogP contribution in [0.25, 0.3) is 0 Å². The van der Waals surface area contributed by atoms with Crippen LogP contribution in [0.3, 0.4) is 0 Å². The first-order chi connectivity index (χ1) is 9.98. The lowest BCUT2D eigenvalue weighted by Gasteiger charge is -2.39. The van der Waals surface area contributed by atoms with Crippen LogP contribution in [0, 0.1) is 23.7 Å². The first kappa shape index (κ1) is 22.4. The lowest BCUT2D eigenvalue weighted by Crippen LogP contribution is -2.42. The maximum Gasteiger partial charge on any atom is 0.162 e. The van der Waals surface area contributed by atoms with Gasteiger partial charge in [-0.25, -0.2) is 0 Å². The van der Waals surface area contributed by atoms with E-state index in [4.69, 9.17) is 8.85 Å². The van der Waals surface area contributed by atoms with Crippen molar-refractivity contribution in [1.82, 2.24) is 0 Å². The Hall–Kier alpha value is 0.354. The van der Waals surface area contributed by atoms with Crippen molar-refractivity contribution in [3.63, 3.8) is 0 Å². The van der Waals surface area contributed by atoms with E-state index >= 15 is 0 Å². The van der Waals surface area contributed by atoms with E-state index in [1.54, 1.807) is 0 Å². The van der Waals surface area contributed by atoms with Gasteiger partial charge < -0.3 is 8.85 Å². The van der Waals surface area contributed by atoms with Crippen molar-refractivity contribution in [2.75, 3.05) is 0 Å². The fourth-order valence-electron chi connectivity index (χ4n) is 2.79. The molecule has 0 radical (unpaired) electrons. The van der Waals surface area contributed by atoms with Gasteiger partial charge in [-0.3, -0.25) is 0 Å². The minimum Gasteiger partial charge on any atom is -0.418 e. The molecule has 0 unspecified atom stereocenters. The number of hydrogen-bond donors (Lipinski definition) is 0. The monoisotopic (exact) mass is 346 g/mol. The minimum absolute atomic E-state index is 0.0546. The molecule has 0 fully saturated rings. The topological polar surface area (TPSA) is 18.5 Å². The van der Waals surface area contributed by atoms with Gasteiger partial charge in [-0.05, 0) is 49.6 Å². The van der Waals surface area contributed by atoms with E-state index < -0.39 is 19.5 Å². The predicted octanol–water partition coefficient (Wildman–Crippen LogP) is 4.17. The molecule has 0 saturated carbocycles. The normalized spacial score (nSPS) is 15.0. The average Bonchev–Trinajstić information content (AvgIpc) is 2.40. The van der Waals surface area contributed by atoms with Crippen LogP contribution in [0.5, 0.6) is 0 Å². The molecule has 0 spiro atoms. The summed E-state index contributed by atoms with van der Waals surface area (Å²) in [6.07, 6.45) is 0. The van der Waals surface area contributed by atoms with Crippen molar-refractivity contribution >= 4 is 19.5 Å². The molecular weight excluding hydrogens is 304 g/mol. The molecule has 22 heavy (non-hydrogen) atoms. The van der Waals surface area contributed by atoms with E-state index in [0.717, 1.165) is 0 Å². The van der Waals surface area contributed by atoms with E-state index in [0.29, 0.717) is 23.7 Å². The minimum atomic E-state index is -0.427. The van der Waals surface area contributed by atoms with Crippen molar-refractivity contribution in [3.8, 4) is 0 Å². The van der Waals surface area contributed by atoms with Gasteiger partial charge in [-0.2, -0.15) is 0 Å². The summed E-state index contributed by atoms with van der Waals surface area (Å²) in [5.41, 5.74) is 0.109. The molecule has 0 aliphatic rings. The Labute approximate surface area is 145 Å². The molecule has 0 bridgehead atoms. The Kier molecular flexibility index (Phi) is 9.76. The highest BCUT2D eigenvalue weighted by molar-refractivity contribution is 6.34.